The minimum absolute atomic E-state index is 0.0870. The van der Waals surface area contributed by atoms with E-state index in [1.165, 1.54) is 0 Å². The van der Waals surface area contributed by atoms with Crippen LogP contribution in [0.15, 0.2) is 0 Å². The number of aliphatic carboxylic acids is 1. The van der Waals surface area contributed by atoms with Gasteiger partial charge in [-0.1, -0.05) is 20.3 Å². The van der Waals surface area contributed by atoms with Gasteiger partial charge in [-0.05, 0) is 25.3 Å². The Morgan fingerprint density at radius 3 is 2.71 bits per heavy atom. The molecular weight excluding hydrogens is 222 g/mol. The molecule has 0 aliphatic carbocycles. The zero-order valence-corrected chi connectivity index (χ0v) is 10.5. The van der Waals surface area contributed by atoms with E-state index in [4.69, 9.17) is 9.84 Å². The molecule has 17 heavy (non-hydrogen) atoms. The predicted octanol–water partition coefficient (Wildman–Crippen LogP) is 1.12. The van der Waals surface area contributed by atoms with Crippen molar-refractivity contribution in [3.05, 3.63) is 0 Å². The van der Waals surface area contributed by atoms with E-state index in [-0.39, 0.29) is 12.5 Å². The van der Waals surface area contributed by atoms with Crippen LogP contribution in [0.4, 0.5) is 0 Å². The lowest BCUT2D eigenvalue weighted by Gasteiger charge is -2.31. The van der Waals surface area contributed by atoms with Crippen LogP contribution in [0, 0.1) is 5.92 Å². The third kappa shape index (κ3) is 4.73. The summed E-state index contributed by atoms with van der Waals surface area (Å²) >= 11 is 0. The molecule has 1 fully saturated rings. The topological polar surface area (TPSA) is 66.8 Å². The third-order valence-corrected chi connectivity index (χ3v) is 2.81. The molecule has 1 aliphatic rings. The zero-order valence-electron chi connectivity index (χ0n) is 10.5. The Morgan fingerprint density at radius 2 is 2.12 bits per heavy atom. The van der Waals surface area contributed by atoms with E-state index >= 15 is 0 Å². The van der Waals surface area contributed by atoms with Gasteiger partial charge in [0.15, 0.2) is 0 Å². The highest BCUT2D eigenvalue weighted by molar-refractivity contribution is 5.76. The quantitative estimate of drug-likeness (QED) is 0.733. The molecule has 1 unspecified atom stereocenters. The van der Waals surface area contributed by atoms with E-state index in [9.17, 15) is 9.59 Å². The van der Waals surface area contributed by atoms with Gasteiger partial charge in [-0.2, -0.15) is 0 Å². The average molecular weight is 243 g/mol. The monoisotopic (exact) mass is 243 g/mol. The van der Waals surface area contributed by atoms with Gasteiger partial charge in [0, 0.05) is 0 Å². The van der Waals surface area contributed by atoms with E-state index in [2.05, 4.69) is 0 Å². The fourth-order valence-corrected chi connectivity index (χ4v) is 1.93. The Hall–Kier alpha value is -1.10. The smallest absolute Gasteiger partial charge is 0.320 e. The number of esters is 1. The highest BCUT2D eigenvalue weighted by atomic mass is 16.5. The van der Waals surface area contributed by atoms with Crippen LogP contribution in [0.5, 0.6) is 0 Å². The molecule has 5 nitrogen and oxygen atoms in total. The van der Waals surface area contributed by atoms with Crippen molar-refractivity contribution in [2.45, 2.75) is 39.2 Å². The summed E-state index contributed by atoms with van der Waals surface area (Å²) in [7, 11) is 0. The van der Waals surface area contributed by atoms with Gasteiger partial charge >= 0.3 is 11.9 Å². The molecule has 98 valence electrons. The molecule has 1 heterocycles. The van der Waals surface area contributed by atoms with Gasteiger partial charge in [0.25, 0.3) is 0 Å². The largest absolute Gasteiger partial charge is 0.480 e. The van der Waals surface area contributed by atoms with Crippen molar-refractivity contribution >= 4 is 11.9 Å². The highest BCUT2D eigenvalue weighted by Crippen LogP contribution is 2.16. The summed E-state index contributed by atoms with van der Waals surface area (Å²) in [5.41, 5.74) is 0. The first kappa shape index (κ1) is 14.0. The van der Waals surface area contributed by atoms with E-state index in [0.717, 1.165) is 12.8 Å². The minimum Gasteiger partial charge on any atom is -0.480 e. The van der Waals surface area contributed by atoms with Gasteiger partial charge in [-0.15, -0.1) is 0 Å². The first-order chi connectivity index (χ1) is 8.00. The van der Waals surface area contributed by atoms with Crippen molar-refractivity contribution in [1.82, 2.24) is 4.90 Å². The maximum Gasteiger partial charge on any atom is 0.320 e. The van der Waals surface area contributed by atoms with Crippen molar-refractivity contribution < 1.29 is 19.4 Å². The van der Waals surface area contributed by atoms with E-state index in [0.29, 0.717) is 25.5 Å². The summed E-state index contributed by atoms with van der Waals surface area (Å²) in [6.45, 7) is 5.07. The molecule has 0 aromatic carbocycles. The molecule has 0 bridgehead atoms. The fourth-order valence-electron chi connectivity index (χ4n) is 1.93. The van der Waals surface area contributed by atoms with Gasteiger partial charge < -0.3 is 9.84 Å². The van der Waals surface area contributed by atoms with Gasteiger partial charge in [0.05, 0.1) is 13.2 Å². The second-order valence-corrected chi connectivity index (χ2v) is 4.90. The van der Waals surface area contributed by atoms with Crippen LogP contribution in [0.3, 0.4) is 0 Å². The van der Waals surface area contributed by atoms with Crippen LogP contribution in [0.25, 0.3) is 0 Å². The van der Waals surface area contributed by atoms with Crippen LogP contribution >= 0.6 is 0 Å². The molecule has 1 rings (SSSR count). The SMILES string of the molecule is CC(C)COC(=O)CN1CCCCC1C(=O)O. The van der Waals surface area contributed by atoms with Crippen molar-refractivity contribution in [3.8, 4) is 0 Å². The zero-order chi connectivity index (χ0) is 12.8. The molecule has 0 spiro atoms. The Morgan fingerprint density at radius 1 is 1.41 bits per heavy atom. The summed E-state index contributed by atoms with van der Waals surface area (Å²) in [6.07, 6.45) is 2.47. The molecule has 1 aliphatic heterocycles. The number of carboxylic acids is 1. The summed E-state index contributed by atoms with van der Waals surface area (Å²) < 4.78 is 5.06. The molecule has 0 aromatic heterocycles. The molecule has 0 amide bonds. The minimum atomic E-state index is -0.846. The lowest BCUT2D eigenvalue weighted by Crippen LogP contribution is -2.47. The standard InChI is InChI=1S/C12H21NO4/c1-9(2)8-17-11(14)7-13-6-4-3-5-10(13)12(15)16/h9-10H,3-8H2,1-2H3,(H,15,16). The number of hydrogen-bond acceptors (Lipinski definition) is 4. The lowest BCUT2D eigenvalue weighted by atomic mass is 10.0. The first-order valence-electron chi connectivity index (χ1n) is 6.13. The van der Waals surface area contributed by atoms with E-state index in [1.807, 2.05) is 13.8 Å². The van der Waals surface area contributed by atoms with Gasteiger partial charge in [0.1, 0.15) is 6.04 Å². The number of carboxylic acid groups (broad SMARTS) is 1. The van der Waals surface area contributed by atoms with Crippen molar-refractivity contribution in [1.29, 1.82) is 0 Å². The molecule has 0 aromatic rings. The van der Waals surface area contributed by atoms with Crippen molar-refractivity contribution in [3.63, 3.8) is 0 Å². The molecule has 1 N–H and O–H groups in total. The molecule has 1 saturated heterocycles. The molecular formula is C12H21NO4. The number of ether oxygens (including phenoxy) is 1. The van der Waals surface area contributed by atoms with Crippen LogP contribution < -0.4 is 0 Å². The van der Waals surface area contributed by atoms with E-state index in [1.54, 1.807) is 4.90 Å². The van der Waals surface area contributed by atoms with Crippen LogP contribution in [-0.4, -0.2) is 47.7 Å². The van der Waals surface area contributed by atoms with Gasteiger partial charge in [-0.3, -0.25) is 14.5 Å². The number of likely N-dealkylation sites (tertiary alicyclic amines) is 1. The third-order valence-electron chi connectivity index (χ3n) is 2.81. The van der Waals surface area contributed by atoms with Crippen molar-refractivity contribution in [2.24, 2.45) is 5.92 Å². The summed E-state index contributed by atoms with van der Waals surface area (Å²) in [5.74, 6) is -0.871. The molecule has 0 saturated carbocycles. The maximum absolute atomic E-state index is 11.5. The molecule has 5 heteroatoms. The Bertz CT molecular complexity index is 278. The second-order valence-electron chi connectivity index (χ2n) is 4.90. The van der Waals surface area contributed by atoms with Crippen LogP contribution in [0.1, 0.15) is 33.1 Å². The van der Waals surface area contributed by atoms with Gasteiger partial charge in [-0.25, -0.2) is 0 Å². The molecule has 1 atom stereocenters. The Labute approximate surface area is 102 Å². The number of nitrogens with zero attached hydrogens (tertiary/aromatic N) is 1. The average Bonchev–Trinajstić information content (AvgIpc) is 2.27. The lowest BCUT2D eigenvalue weighted by molar-refractivity contribution is -0.151. The number of piperidine rings is 1. The Kier molecular flexibility index (Phi) is 5.41. The first-order valence-corrected chi connectivity index (χ1v) is 6.13. The number of rotatable bonds is 5. The maximum atomic E-state index is 11.5. The van der Waals surface area contributed by atoms with Crippen molar-refractivity contribution in [2.75, 3.05) is 19.7 Å². The summed E-state index contributed by atoms with van der Waals surface area (Å²) in [5, 5.41) is 9.05. The van der Waals surface area contributed by atoms with Crippen LogP contribution in [-0.2, 0) is 14.3 Å². The predicted molar refractivity (Wildman–Crippen MR) is 62.6 cm³/mol. The number of hydrogen-bond donors (Lipinski definition) is 1. The summed E-state index contributed by atoms with van der Waals surface area (Å²) in [4.78, 5) is 24.2. The van der Waals surface area contributed by atoms with Gasteiger partial charge in [0.2, 0.25) is 0 Å². The van der Waals surface area contributed by atoms with Crippen LogP contribution in [0.2, 0.25) is 0 Å². The number of carbonyl (C=O) groups is 2. The Balaban J connectivity index is 2.42. The highest BCUT2D eigenvalue weighted by Gasteiger charge is 2.29. The normalized spacial score (nSPS) is 21.5. The second kappa shape index (κ2) is 6.59. The summed E-state index contributed by atoms with van der Waals surface area (Å²) in [6, 6.07) is -0.532. The molecule has 0 radical (unpaired) electrons. The fraction of sp³-hybridized carbons (Fsp3) is 0.833. The number of carbonyl (C=O) groups excluding carboxylic acids is 1. The van der Waals surface area contributed by atoms with E-state index < -0.39 is 12.0 Å².